The fraction of sp³-hybridized carbons (Fsp3) is 0.125. The average Bonchev–Trinajstić information content (AvgIpc) is 2.18. The molecule has 0 amide bonds. The molecule has 2 aromatic heterocycles. The number of halogens is 1. The maximum Gasteiger partial charge on any atom is 0.189 e. The smallest absolute Gasteiger partial charge is 0.189 e. The lowest BCUT2D eigenvalue weighted by molar-refractivity contribution is 1.00. The van der Waals surface area contributed by atoms with E-state index in [0.717, 1.165) is 10.9 Å². The van der Waals surface area contributed by atoms with E-state index in [1.54, 1.807) is 12.4 Å². The van der Waals surface area contributed by atoms with Crippen LogP contribution in [0.3, 0.4) is 0 Å². The molecule has 66 valence electrons. The number of thioether (sulfide) groups is 1. The largest absolute Gasteiger partial charge is 0.264 e. The molecule has 5 heteroatoms. The van der Waals surface area contributed by atoms with Crippen molar-refractivity contribution in [3.05, 3.63) is 23.6 Å². The van der Waals surface area contributed by atoms with Crippen molar-refractivity contribution in [2.45, 2.75) is 5.16 Å². The van der Waals surface area contributed by atoms with Crippen LogP contribution in [-0.4, -0.2) is 21.2 Å². The molecular weight excluding hydrogens is 206 g/mol. The summed E-state index contributed by atoms with van der Waals surface area (Å²) in [5, 5.41) is 1.94. The number of aromatic nitrogens is 3. The van der Waals surface area contributed by atoms with Crippen LogP contribution in [0.15, 0.2) is 23.6 Å². The summed E-state index contributed by atoms with van der Waals surface area (Å²) in [4.78, 5) is 12.3. The van der Waals surface area contributed by atoms with E-state index in [1.165, 1.54) is 11.8 Å². The Morgan fingerprint density at radius 2 is 2.23 bits per heavy atom. The van der Waals surface area contributed by atoms with Crippen LogP contribution in [0, 0.1) is 0 Å². The SMILES string of the molecule is CSc1nc(Cl)c2cnccc2n1. The molecule has 0 atom stereocenters. The van der Waals surface area contributed by atoms with E-state index in [2.05, 4.69) is 15.0 Å². The van der Waals surface area contributed by atoms with Crippen LogP contribution in [0.2, 0.25) is 5.15 Å². The van der Waals surface area contributed by atoms with Crippen molar-refractivity contribution in [3.8, 4) is 0 Å². The van der Waals surface area contributed by atoms with Gasteiger partial charge in [0.2, 0.25) is 0 Å². The third-order valence-corrected chi connectivity index (χ3v) is 2.45. The molecule has 0 N–H and O–H groups in total. The van der Waals surface area contributed by atoms with Crippen LogP contribution in [0.25, 0.3) is 10.9 Å². The minimum atomic E-state index is 0.461. The first-order valence-electron chi connectivity index (χ1n) is 3.62. The van der Waals surface area contributed by atoms with Crippen molar-refractivity contribution < 1.29 is 0 Å². The molecule has 0 aliphatic heterocycles. The van der Waals surface area contributed by atoms with E-state index < -0.39 is 0 Å². The second-order valence-corrected chi connectivity index (χ2v) is 3.53. The molecule has 0 unspecified atom stereocenters. The molecule has 0 spiro atoms. The van der Waals surface area contributed by atoms with Gasteiger partial charge in [-0.15, -0.1) is 0 Å². The lowest BCUT2D eigenvalue weighted by Gasteiger charge is -2.00. The summed E-state index contributed by atoms with van der Waals surface area (Å²) in [6.07, 6.45) is 5.27. The van der Waals surface area contributed by atoms with Gasteiger partial charge in [-0.1, -0.05) is 23.4 Å². The predicted octanol–water partition coefficient (Wildman–Crippen LogP) is 2.40. The zero-order valence-electron chi connectivity index (χ0n) is 6.86. The number of fused-ring (bicyclic) bond motifs is 1. The summed E-state index contributed by atoms with van der Waals surface area (Å²) in [7, 11) is 0. The number of rotatable bonds is 1. The van der Waals surface area contributed by atoms with Crippen LogP contribution in [0.4, 0.5) is 0 Å². The highest BCUT2D eigenvalue weighted by Gasteiger charge is 2.03. The molecule has 0 saturated heterocycles. The van der Waals surface area contributed by atoms with Gasteiger partial charge in [-0.3, -0.25) is 4.98 Å². The van der Waals surface area contributed by atoms with E-state index in [4.69, 9.17) is 11.6 Å². The molecule has 2 aromatic rings. The van der Waals surface area contributed by atoms with Crippen LogP contribution < -0.4 is 0 Å². The summed E-state index contributed by atoms with van der Waals surface area (Å²) < 4.78 is 0. The monoisotopic (exact) mass is 211 g/mol. The molecule has 0 bridgehead atoms. The van der Waals surface area contributed by atoms with Crippen LogP contribution >= 0.6 is 23.4 Å². The molecule has 0 aromatic carbocycles. The Bertz CT molecular complexity index is 446. The minimum absolute atomic E-state index is 0.461. The van der Waals surface area contributed by atoms with Gasteiger partial charge in [-0.25, -0.2) is 9.97 Å². The standard InChI is InChI=1S/C8H6ClN3S/c1-13-8-11-6-2-3-10-4-5(6)7(9)12-8/h2-4H,1H3. The van der Waals surface area contributed by atoms with Gasteiger partial charge in [-0.05, 0) is 12.3 Å². The molecule has 3 nitrogen and oxygen atoms in total. The van der Waals surface area contributed by atoms with Gasteiger partial charge in [0.1, 0.15) is 5.15 Å². The molecule has 2 heterocycles. The lowest BCUT2D eigenvalue weighted by Crippen LogP contribution is -1.89. The van der Waals surface area contributed by atoms with Crippen molar-refractivity contribution in [2.75, 3.05) is 6.26 Å². The van der Waals surface area contributed by atoms with Crippen LogP contribution in [0.5, 0.6) is 0 Å². The van der Waals surface area contributed by atoms with Gasteiger partial charge in [0.15, 0.2) is 5.16 Å². The van der Waals surface area contributed by atoms with Gasteiger partial charge in [0, 0.05) is 12.4 Å². The van der Waals surface area contributed by atoms with Gasteiger partial charge in [0.25, 0.3) is 0 Å². The highest BCUT2D eigenvalue weighted by atomic mass is 35.5. The summed E-state index contributed by atoms with van der Waals surface area (Å²) >= 11 is 7.41. The minimum Gasteiger partial charge on any atom is -0.264 e. The molecule has 2 rings (SSSR count). The Balaban J connectivity index is 2.77. The Morgan fingerprint density at radius 1 is 1.38 bits per heavy atom. The lowest BCUT2D eigenvalue weighted by atomic mass is 10.3. The van der Waals surface area contributed by atoms with Gasteiger partial charge in [0.05, 0.1) is 10.9 Å². The third kappa shape index (κ3) is 1.59. The summed E-state index contributed by atoms with van der Waals surface area (Å²) in [6, 6.07) is 1.82. The average molecular weight is 212 g/mol. The third-order valence-electron chi connectivity index (χ3n) is 1.61. The molecule has 0 radical (unpaired) electrons. The first-order chi connectivity index (χ1) is 6.31. The van der Waals surface area contributed by atoms with Crippen molar-refractivity contribution in [1.82, 2.24) is 15.0 Å². The second kappa shape index (κ2) is 3.47. The normalized spacial score (nSPS) is 10.6. The van der Waals surface area contributed by atoms with E-state index in [9.17, 15) is 0 Å². The maximum atomic E-state index is 5.94. The van der Waals surface area contributed by atoms with Crippen molar-refractivity contribution in [2.24, 2.45) is 0 Å². The van der Waals surface area contributed by atoms with Crippen molar-refractivity contribution >= 4 is 34.3 Å². The Labute approximate surface area is 84.6 Å². The molecular formula is C8H6ClN3S. The topological polar surface area (TPSA) is 38.7 Å². The zero-order valence-corrected chi connectivity index (χ0v) is 8.43. The maximum absolute atomic E-state index is 5.94. The highest BCUT2D eigenvalue weighted by molar-refractivity contribution is 7.98. The molecule has 0 saturated carbocycles. The van der Waals surface area contributed by atoms with E-state index >= 15 is 0 Å². The number of nitrogens with zero attached hydrogens (tertiary/aromatic N) is 3. The second-order valence-electron chi connectivity index (χ2n) is 2.39. The first kappa shape index (κ1) is 8.72. The molecule has 0 aliphatic carbocycles. The number of hydrogen-bond donors (Lipinski definition) is 0. The van der Waals surface area contributed by atoms with Crippen molar-refractivity contribution in [3.63, 3.8) is 0 Å². The number of hydrogen-bond acceptors (Lipinski definition) is 4. The van der Waals surface area contributed by atoms with Gasteiger partial charge in [-0.2, -0.15) is 0 Å². The quantitative estimate of drug-likeness (QED) is 0.413. The zero-order chi connectivity index (χ0) is 9.26. The highest BCUT2D eigenvalue weighted by Crippen LogP contribution is 2.21. The summed E-state index contributed by atoms with van der Waals surface area (Å²) in [5.74, 6) is 0. The summed E-state index contributed by atoms with van der Waals surface area (Å²) in [5.41, 5.74) is 0.833. The molecule has 13 heavy (non-hydrogen) atoms. The Kier molecular flexibility index (Phi) is 2.33. The number of pyridine rings is 1. The van der Waals surface area contributed by atoms with Crippen LogP contribution in [0.1, 0.15) is 0 Å². The van der Waals surface area contributed by atoms with Crippen LogP contribution in [-0.2, 0) is 0 Å². The fourth-order valence-electron chi connectivity index (χ4n) is 1.01. The first-order valence-corrected chi connectivity index (χ1v) is 5.23. The van der Waals surface area contributed by atoms with E-state index in [-0.39, 0.29) is 0 Å². The van der Waals surface area contributed by atoms with Gasteiger partial charge >= 0.3 is 0 Å². The fourth-order valence-corrected chi connectivity index (χ4v) is 1.66. The van der Waals surface area contributed by atoms with E-state index in [0.29, 0.717) is 10.3 Å². The molecule has 0 fully saturated rings. The van der Waals surface area contributed by atoms with Gasteiger partial charge < -0.3 is 0 Å². The molecule has 0 aliphatic rings. The summed E-state index contributed by atoms with van der Waals surface area (Å²) in [6.45, 7) is 0. The Hall–Kier alpha value is -0.870. The van der Waals surface area contributed by atoms with Crippen molar-refractivity contribution in [1.29, 1.82) is 0 Å². The van der Waals surface area contributed by atoms with E-state index in [1.807, 2.05) is 12.3 Å². The Morgan fingerprint density at radius 3 is 3.00 bits per heavy atom. The predicted molar refractivity (Wildman–Crippen MR) is 54.1 cm³/mol.